The molecule has 2 saturated heterocycles. The number of nitrogens with zero attached hydrogens (tertiary/aromatic N) is 1. The fourth-order valence-corrected chi connectivity index (χ4v) is 4.67. The molecule has 7 heteroatoms. The number of benzene rings is 1. The normalized spacial score (nSPS) is 28.6. The first-order chi connectivity index (χ1) is 9.39. The molecule has 0 aliphatic carbocycles. The molecule has 1 spiro atoms. The summed E-state index contributed by atoms with van der Waals surface area (Å²) >= 11 is 0. The molecule has 1 amide bonds. The lowest BCUT2D eigenvalue weighted by atomic mass is 10.00. The molecule has 1 aromatic carbocycles. The van der Waals surface area contributed by atoms with Crippen molar-refractivity contribution < 1.29 is 17.9 Å². The zero-order valence-corrected chi connectivity index (χ0v) is 11.7. The summed E-state index contributed by atoms with van der Waals surface area (Å²) in [6.07, 6.45) is 0.626. The second-order valence-electron chi connectivity index (χ2n) is 5.42. The highest BCUT2D eigenvalue weighted by Crippen LogP contribution is 2.35. The van der Waals surface area contributed by atoms with E-state index in [2.05, 4.69) is 0 Å². The molecule has 6 nitrogen and oxygen atoms in total. The number of nitrogen functional groups attached to an aromatic ring is 1. The maximum Gasteiger partial charge on any atom is 0.415 e. The van der Waals surface area contributed by atoms with Crippen LogP contribution >= 0.6 is 0 Å². The quantitative estimate of drug-likeness (QED) is 0.786. The third-order valence-electron chi connectivity index (χ3n) is 3.75. The van der Waals surface area contributed by atoms with Crippen LogP contribution in [-0.2, 0) is 14.6 Å². The summed E-state index contributed by atoms with van der Waals surface area (Å²) in [5.74, 6) is 0.0887. The summed E-state index contributed by atoms with van der Waals surface area (Å²) in [7, 11) is -3.13. The molecule has 3 rings (SSSR count). The third-order valence-corrected chi connectivity index (χ3v) is 5.62. The van der Waals surface area contributed by atoms with Gasteiger partial charge in [-0.2, -0.15) is 0 Å². The van der Waals surface area contributed by atoms with Gasteiger partial charge in [-0.05, 0) is 37.1 Å². The topological polar surface area (TPSA) is 89.7 Å². The molecular formula is C13H16N2O4S. The molecule has 0 saturated carbocycles. The number of sulfone groups is 1. The average Bonchev–Trinajstić information content (AvgIpc) is 2.65. The van der Waals surface area contributed by atoms with Gasteiger partial charge in [0.15, 0.2) is 9.84 Å². The predicted octanol–water partition coefficient (Wildman–Crippen LogP) is 1.17. The molecule has 20 heavy (non-hydrogen) atoms. The molecule has 2 aliphatic heterocycles. The van der Waals surface area contributed by atoms with Gasteiger partial charge >= 0.3 is 6.09 Å². The van der Waals surface area contributed by atoms with Crippen molar-refractivity contribution >= 4 is 27.3 Å². The van der Waals surface area contributed by atoms with Crippen LogP contribution in [0.15, 0.2) is 24.3 Å². The van der Waals surface area contributed by atoms with Gasteiger partial charge in [-0.1, -0.05) is 0 Å². The molecule has 108 valence electrons. The van der Waals surface area contributed by atoms with E-state index in [1.54, 1.807) is 24.3 Å². The van der Waals surface area contributed by atoms with Gasteiger partial charge in [-0.3, -0.25) is 4.90 Å². The summed E-state index contributed by atoms with van der Waals surface area (Å²) < 4.78 is 29.0. The second-order valence-corrected chi connectivity index (χ2v) is 7.61. The molecule has 1 aromatic rings. The van der Waals surface area contributed by atoms with Crippen LogP contribution in [0.4, 0.5) is 16.2 Å². The summed E-state index contributed by atoms with van der Waals surface area (Å²) in [5.41, 5.74) is 6.00. The first-order valence-corrected chi connectivity index (χ1v) is 8.28. The number of carbonyl (C=O) groups excluding carboxylic acids is 1. The lowest BCUT2D eigenvalue weighted by Gasteiger charge is -2.30. The Labute approximate surface area is 117 Å². The number of hydrogen-bond acceptors (Lipinski definition) is 5. The third kappa shape index (κ3) is 2.33. The van der Waals surface area contributed by atoms with E-state index >= 15 is 0 Å². The van der Waals surface area contributed by atoms with Crippen molar-refractivity contribution in [3.63, 3.8) is 0 Å². The highest BCUT2D eigenvalue weighted by atomic mass is 32.2. The average molecular weight is 296 g/mol. The number of nitrogens with two attached hydrogens (primary N) is 1. The van der Waals surface area contributed by atoms with Crippen LogP contribution in [0.25, 0.3) is 0 Å². The summed E-state index contributed by atoms with van der Waals surface area (Å²) in [4.78, 5) is 13.5. The number of carbonyl (C=O) groups is 1. The van der Waals surface area contributed by atoms with Crippen LogP contribution < -0.4 is 10.6 Å². The largest absolute Gasteiger partial charge is 0.440 e. The van der Waals surface area contributed by atoms with Gasteiger partial charge in [0, 0.05) is 11.4 Å². The summed E-state index contributed by atoms with van der Waals surface area (Å²) in [6, 6.07) is 6.86. The highest BCUT2D eigenvalue weighted by Gasteiger charge is 2.50. The van der Waals surface area contributed by atoms with Crippen molar-refractivity contribution in [2.24, 2.45) is 0 Å². The van der Waals surface area contributed by atoms with E-state index in [1.165, 1.54) is 4.90 Å². The van der Waals surface area contributed by atoms with Crippen molar-refractivity contribution in [2.75, 3.05) is 28.7 Å². The molecule has 0 bridgehead atoms. The molecule has 2 N–H and O–H groups in total. The zero-order valence-electron chi connectivity index (χ0n) is 10.9. The Morgan fingerprint density at radius 3 is 2.60 bits per heavy atom. The van der Waals surface area contributed by atoms with Crippen LogP contribution in [0.3, 0.4) is 0 Å². The Balaban J connectivity index is 1.86. The lowest BCUT2D eigenvalue weighted by molar-refractivity contribution is 0.0643. The Bertz CT molecular complexity index is 641. The summed E-state index contributed by atoms with van der Waals surface area (Å²) in [6.45, 7) is 0.273. The standard InChI is InChI=1S/C13H16N2O4S/c14-10-2-4-11(5-3-10)15-8-13(19-12(15)16)6-1-7-20(17,18)9-13/h2-5H,1,6-9,14H2. The van der Waals surface area contributed by atoms with Gasteiger partial charge in [0.25, 0.3) is 0 Å². The van der Waals surface area contributed by atoms with Gasteiger partial charge < -0.3 is 10.5 Å². The van der Waals surface area contributed by atoms with E-state index in [9.17, 15) is 13.2 Å². The first kappa shape index (κ1) is 13.2. The minimum atomic E-state index is -3.13. The molecule has 2 heterocycles. The van der Waals surface area contributed by atoms with Crippen LogP contribution in [0.5, 0.6) is 0 Å². The van der Waals surface area contributed by atoms with E-state index in [4.69, 9.17) is 10.5 Å². The first-order valence-electron chi connectivity index (χ1n) is 6.46. The lowest BCUT2D eigenvalue weighted by Crippen LogP contribution is -2.45. The van der Waals surface area contributed by atoms with E-state index < -0.39 is 21.5 Å². The molecule has 2 aliphatic rings. The maximum absolute atomic E-state index is 12.0. The number of amides is 1. The Hall–Kier alpha value is -1.76. The SMILES string of the molecule is Nc1ccc(N2CC3(CCCS(=O)(=O)C3)OC2=O)cc1. The van der Waals surface area contributed by atoms with Crippen LogP contribution in [0.1, 0.15) is 12.8 Å². The number of ether oxygens (including phenoxy) is 1. The molecule has 2 fully saturated rings. The zero-order chi connectivity index (χ0) is 14.4. The van der Waals surface area contributed by atoms with Gasteiger partial charge in [0.2, 0.25) is 0 Å². The van der Waals surface area contributed by atoms with Crippen LogP contribution in [0.2, 0.25) is 0 Å². The van der Waals surface area contributed by atoms with Crippen LogP contribution in [-0.4, -0.2) is 38.2 Å². The molecule has 1 unspecified atom stereocenters. The highest BCUT2D eigenvalue weighted by molar-refractivity contribution is 7.91. The maximum atomic E-state index is 12.0. The summed E-state index contributed by atoms with van der Waals surface area (Å²) in [5, 5.41) is 0. The van der Waals surface area contributed by atoms with E-state index in [-0.39, 0.29) is 18.1 Å². The van der Waals surface area contributed by atoms with Crippen molar-refractivity contribution in [2.45, 2.75) is 18.4 Å². The minimum Gasteiger partial charge on any atom is -0.440 e. The van der Waals surface area contributed by atoms with Gasteiger partial charge in [-0.15, -0.1) is 0 Å². The number of anilines is 2. The number of rotatable bonds is 1. The molecule has 0 radical (unpaired) electrons. The Morgan fingerprint density at radius 2 is 1.95 bits per heavy atom. The van der Waals surface area contributed by atoms with Crippen molar-refractivity contribution in [1.29, 1.82) is 0 Å². The minimum absolute atomic E-state index is 0.0861. The Morgan fingerprint density at radius 1 is 1.25 bits per heavy atom. The smallest absolute Gasteiger partial charge is 0.415 e. The van der Waals surface area contributed by atoms with Crippen molar-refractivity contribution in [1.82, 2.24) is 0 Å². The van der Waals surface area contributed by atoms with Gasteiger partial charge in [0.05, 0.1) is 18.1 Å². The molecule has 0 aromatic heterocycles. The van der Waals surface area contributed by atoms with Crippen molar-refractivity contribution in [3.8, 4) is 0 Å². The number of hydrogen-bond donors (Lipinski definition) is 1. The van der Waals surface area contributed by atoms with E-state index in [0.717, 1.165) is 0 Å². The predicted molar refractivity (Wildman–Crippen MR) is 75.3 cm³/mol. The second kappa shape index (κ2) is 4.37. The van der Waals surface area contributed by atoms with E-state index in [1.807, 2.05) is 0 Å². The fourth-order valence-electron chi connectivity index (χ4n) is 2.84. The van der Waals surface area contributed by atoms with Gasteiger partial charge in [0.1, 0.15) is 5.60 Å². The fraction of sp³-hybridized carbons (Fsp3) is 0.462. The van der Waals surface area contributed by atoms with Gasteiger partial charge in [-0.25, -0.2) is 13.2 Å². The van der Waals surface area contributed by atoms with E-state index in [0.29, 0.717) is 24.2 Å². The monoisotopic (exact) mass is 296 g/mol. The Kier molecular flexibility index (Phi) is 2.89. The van der Waals surface area contributed by atoms with Crippen LogP contribution in [0, 0.1) is 0 Å². The molecular weight excluding hydrogens is 280 g/mol. The van der Waals surface area contributed by atoms with Crippen molar-refractivity contribution in [3.05, 3.63) is 24.3 Å². The molecule has 1 atom stereocenters.